The van der Waals surface area contributed by atoms with Gasteiger partial charge < -0.3 is 11.1 Å². The number of amides is 1. The quantitative estimate of drug-likeness (QED) is 0.764. The summed E-state index contributed by atoms with van der Waals surface area (Å²) in [6.45, 7) is 4.63. The second-order valence-electron chi connectivity index (χ2n) is 5.04. The molecule has 108 valence electrons. The lowest BCUT2D eigenvalue weighted by molar-refractivity contribution is 0.0956. The Hall–Kier alpha value is -1.85. The fraction of sp³-hybridized carbons (Fsp3) is 0.188. The van der Waals surface area contributed by atoms with Crippen LogP contribution in [0.2, 0.25) is 0 Å². The molecule has 3 N–H and O–H groups in total. The Labute approximate surface area is 131 Å². The third-order valence-electron chi connectivity index (χ3n) is 3.31. The van der Waals surface area contributed by atoms with Gasteiger partial charge in [-0.1, -0.05) is 11.6 Å². The fourth-order valence-corrected chi connectivity index (χ4v) is 4.08. The van der Waals surface area contributed by atoms with Crippen molar-refractivity contribution in [1.29, 1.82) is 0 Å². The summed E-state index contributed by atoms with van der Waals surface area (Å²) >= 11 is 3.14. The minimum Gasteiger partial charge on any atom is -0.397 e. The molecule has 3 aromatic rings. The van der Waals surface area contributed by atoms with Gasteiger partial charge in [-0.15, -0.1) is 22.7 Å². The van der Waals surface area contributed by atoms with Crippen LogP contribution >= 0.6 is 22.7 Å². The molecule has 1 amide bonds. The number of anilines is 1. The van der Waals surface area contributed by atoms with Crippen molar-refractivity contribution in [2.24, 2.45) is 0 Å². The first-order valence-corrected chi connectivity index (χ1v) is 8.30. The molecular weight excluding hydrogens is 300 g/mol. The number of carbonyl (C=O) groups excluding carboxylic acids is 1. The Morgan fingerprint density at radius 1 is 1.19 bits per heavy atom. The van der Waals surface area contributed by atoms with Crippen LogP contribution in [0.4, 0.5) is 5.69 Å². The molecule has 0 bridgehead atoms. The summed E-state index contributed by atoms with van der Waals surface area (Å²) in [4.78, 5) is 15.3. The fourth-order valence-electron chi connectivity index (χ4n) is 2.23. The van der Waals surface area contributed by atoms with Crippen molar-refractivity contribution in [3.63, 3.8) is 0 Å². The minimum atomic E-state index is -0.0996. The lowest BCUT2D eigenvalue weighted by atomic mass is 10.1. The van der Waals surface area contributed by atoms with E-state index < -0.39 is 0 Å². The first-order chi connectivity index (χ1) is 10.0. The molecule has 0 saturated heterocycles. The van der Waals surface area contributed by atoms with E-state index >= 15 is 0 Å². The summed E-state index contributed by atoms with van der Waals surface area (Å²) in [5, 5.41) is 3.92. The number of rotatable bonds is 3. The molecule has 3 nitrogen and oxygen atoms in total. The number of hydrogen-bond acceptors (Lipinski definition) is 4. The summed E-state index contributed by atoms with van der Waals surface area (Å²) in [7, 11) is 0. The number of nitrogens with one attached hydrogen (secondary N) is 1. The average Bonchev–Trinajstić information content (AvgIpc) is 3.01. The highest BCUT2D eigenvalue weighted by Crippen LogP contribution is 2.34. The van der Waals surface area contributed by atoms with E-state index in [-0.39, 0.29) is 5.91 Å². The molecule has 3 rings (SSSR count). The van der Waals surface area contributed by atoms with E-state index in [1.807, 2.05) is 31.2 Å². The SMILES string of the molecule is Cc1ccc2sc(C(=O)NCc3ccc(C)s3)c(N)c2c1. The molecule has 0 aliphatic rings. The highest BCUT2D eigenvalue weighted by molar-refractivity contribution is 7.21. The van der Waals surface area contributed by atoms with Crippen LogP contribution in [0.5, 0.6) is 0 Å². The van der Waals surface area contributed by atoms with Crippen LogP contribution in [-0.2, 0) is 6.54 Å². The highest BCUT2D eigenvalue weighted by atomic mass is 32.1. The standard InChI is InChI=1S/C16H16N2OS2/c1-9-3-6-13-12(7-9)14(17)15(21-13)16(19)18-8-11-5-4-10(2)20-11/h3-7H,8,17H2,1-2H3,(H,18,19). The van der Waals surface area contributed by atoms with Crippen LogP contribution in [0, 0.1) is 13.8 Å². The zero-order chi connectivity index (χ0) is 15.0. The van der Waals surface area contributed by atoms with Gasteiger partial charge in [0.1, 0.15) is 4.88 Å². The van der Waals surface area contributed by atoms with Crippen molar-refractivity contribution in [2.75, 3.05) is 5.73 Å². The van der Waals surface area contributed by atoms with E-state index in [0.29, 0.717) is 17.1 Å². The van der Waals surface area contributed by atoms with Crippen molar-refractivity contribution in [1.82, 2.24) is 5.32 Å². The number of nitrogen functional groups attached to an aromatic ring is 1. The van der Waals surface area contributed by atoms with Crippen molar-refractivity contribution in [2.45, 2.75) is 20.4 Å². The summed E-state index contributed by atoms with van der Waals surface area (Å²) in [6.07, 6.45) is 0. The van der Waals surface area contributed by atoms with Crippen LogP contribution in [-0.4, -0.2) is 5.91 Å². The van der Waals surface area contributed by atoms with E-state index in [2.05, 4.69) is 18.3 Å². The van der Waals surface area contributed by atoms with Crippen LogP contribution in [0.3, 0.4) is 0 Å². The van der Waals surface area contributed by atoms with Gasteiger partial charge in [0.05, 0.1) is 12.2 Å². The second kappa shape index (κ2) is 5.50. The monoisotopic (exact) mass is 316 g/mol. The topological polar surface area (TPSA) is 55.1 Å². The van der Waals surface area contributed by atoms with Crippen LogP contribution in [0.25, 0.3) is 10.1 Å². The van der Waals surface area contributed by atoms with Crippen molar-refractivity contribution < 1.29 is 4.79 Å². The largest absolute Gasteiger partial charge is 0.397 e. The number of fused-ring (bicyclic) bond motifs is 1. The van der Waals surface area contributed by atoms with E-state index in [9.17, 15) is 4.79 Å². The zero-order valence-electron chi connectivity index (χ0n) is 11.9. The van der Waals surface area contributed by atoms with Gasteiger partial charge in [0.2, 0.25) is 0 Å². The summed E-state index contributed by atoms with van der Waals surface area (Å²) < 4.78 is 1.05. The molecule has 2 aromatic heterocycles. The normalized spacial score (nSPS) is 11.0. The van der Waals surface area contributed by atoms with Crippen LogP contribution < -0.4 is 11.1 Å². The third-order valence-corrected chi connectivity index (χ3v) is 5.49. The molecule has 1 aromatic carbocycles. The molecule has 0 unspecified atom stereocenters. The molecule has 21 heavy (non-hydrogen) atoms. The average molecular weight is 316 g/mol. The maximum Gasteiger partial charge on any atom is 0.263 e. The van der Waals surface area contributed by atoms with Gasteiger partial charge in [0.15, 0.2) is 0 Å². The number of nitrogens with two attached hydrogens (primary N) is 1. The van der Waals surface area contributed by atoms with Gasteiger partial charge in [-0.05, 0) is 38.1 Å². The van der Waals surface area contributed by atoms with Crippen LogP contribution in [0.1, 0.15) is 25.0 Å². The first kappa shape index (κ1) is 14.1. The van der Waals surface area contributed by atoms with Gasteiger partial charge in [-0.2, -0.15) is 0 Å². The lowest BCUT2D eigenvalue weighted by Gasteiger charge is -2.02. The van der Waals surface area contributed by atoms with Crippen molar-refractivity contribution in [3.05, 3.63) is 50.5 Å². The van der Waals surface area contributed by atoms with E-state index in [0.717, 1.165) is 20.5 Å². The predicted molar refractivity (Wildman–Crippen MR) is 91.2 cm³/mol. The summed E-state index contributed by atoms with van der Waals surface area (Å²) in [5.41, 5.74) is 7.86. The van der Waals surface area contributed by atoms with Gasteiger partial charge in [-0.25, -0.2) is 0 Å². The van der Waals surface area contributed by atoms with Crippen molar-refractivity contribution >= 4 is 44.4 Å². The third kappa shape index (κ3) is 2.80. The Kier molecular flexibility index (Phi) is 3.69. The number of hydrogen-bond donors (Lipinski definition) is 2. The molecule has 2 heterocycles. The highest BCUT2D eigenvalue weighted by Gasteiger charge is 2.16. The van der Waals surface area contributed by atoms with Gasteiger partial charge >= 0.3 is 0 Å². The smallest absolute Gasteiger partial charge is 0.263 e. The number of thiophene rings is 2. The lowest BCUT2D eigenvalue weighted by Crippen LogP contribution is -2.22. The molecule has 0 atom stereocenters. The molecule has 0 spiro atoms. The summed E-state index contributed by atoms with van der Waals surface area (Å²) in [5.74, 6) is -0.0996. The zero-order valence-corrected chi connectivity index (χ0v) is 13.5. The Bertz CT molecular complexity index is 817. The molecule has 0 aliphatic carbocycles. The van der Waals surface area contributed by atoms with Gasteiger partial charge in [0, 0.05) is 19.8 Å². The number of carbonyl (C=O) groups is 1. The van der Waals surface area contributed by atoms with E-state index in [4.69, 9.17) is 5.73 Å². The molecule has 0 aliphatic heterocycles. The predicted octanol–water partition coefficient (Wildman–Crippen LogP) is 4.09. The van der Waals surface area contributed by atoms with E-state index in [1.54, 1.807) is 11.3 Å². The van der Waals surface area contributed by atoms with Crippen LogP contribution in [0.15, 0.2) is 30.3 Å². The maximum absolute atomic E-state index is 12.3. The molecule has 0 fully saturated rings. The maximum atomic E-state index is 12.3. The van der Waals surface area contributed by atoms with Gasteiger partial charge in [-0.3, -0.25) is 4.79 Å². The molecule has 5 heteroatoms. The minimum absolute atomic E-state index is 0.0996. The van der Waals surface area contributed by atoms with Gasteiger partial charge in [0.25, 0.3) is 5.91 Å². The molecule has 0 radical (unpaired) electrons. The number of benzene rings is 1. The van der Waals surface area contributed by atoms with E-state index in [1.165, 1.54) is 16.2 Å². The summed E-state index contributed by atoms with van der Waals surface area (Å²) in [6, 6.07) is 10.2. The Morgan fingerprint density at radius 3 is 2.71 bits per heavy atom. The molecular formula is C16H16N2OS2. The first-order valence-electron chi connectivity index (χ1n) is 6.67. The Balaban J connectivity index is 1.82. The van der Waals surface area contributed by atoms with Crippen molar-refractivity contribution in [3.8, 4) is 0 Å². The Morgan fingerprint density at radius 2 is 2.00 bits per heavy atom. The number of aryl methyl sites for hydroxylation is 2. The second-order valence-corrected chi connectivity index (χ2v) is 7.46. The molecule has 0 saturated carbocycles.